The fourth-order valence-electron chi connectivity index (χ4n) is 2.27. The number of hydrogen-bond donors (Lipinski definition) is 2. The van der Waals surface area contributed by atoms with Gasteiger partial charge in [0.05, 0.1) is 5.02 Å². The lowest BCUT2D eigenvalue weighted by atomic mass is 9.99. The molecule has 1 saturated heterocycles. The first kappa shape index (κ1) is 13.7. The number of carbonyl (C=O) groups excluding carboxylic acids is 1. The molecule has 4 nitrogen and oxygen atoms in total. The summed E-state index contributed by atoms with van der Waals surface area (Å²) in [5.74, 6) is 0.447. The Morgan fingerprint density at radius 3 is 2.89 bits per heavy atom. The maximum Gasteiger partial charge on any atom is 0.270 e. The van der Waals surface area contributed by atoms with E-state index < -0.39 is 0 Å². The molecule has 6 heteroatoms. The lowest BCUT2D eigenvalue weighted by Crippen LogP contribution is -2.39. The maximum atomic E-state index is 12.1. The predicted octanol–water partition coefficient (Wildman–Crippen LogP) is 2.39. The number of piperidine rings is 1. The summed E-state index contributed by atoms with van der Waals surface area (Å²) < 4.78 is 0. The second-order valence-corrected chi connectivity index (χ2v) is 5.53. The van der Waals surface area contributed by atoms with Gasteiger partial charge < -0.3 is 15.2 Å². The quantitative estimate of drug-likeness (QED) is 0.898. The molecule has 0 aliphatic carbocycles. The van der Waals surface area contributed by atoms with Gasteiger partial charge in [0.25, 0.3) is 5.91 Å². The van der Waals surface area contributed by atoms with Crippen molar-refractivity contribution in [1.29, 1.82) is 0 Å². The number of hydrogen-bond acceptors (Lipinski definition) is 2. The van der Waals surface area contributed by atoms with Crippen LogP contribution >= 0.6 is 23.2 Å². The zero-order valence-corrected chi connectivity index (χ0v) is 11.8. The van der Waals surface area contributed by atoms with Crippen molar-refractivity contribution < 1.29 is 4.79 Å². The summed E-state index contributed by atoms with van der Waals surface area (Å²) in [6.07, 6.45) is 2.34. The Morgan fingerprint density at radius 1 is 1.56 bits per heavy atom. The molecule has 1 aliphatic heterocycles. The fraction of sp³-hybridized carbons (Fsp3) is 0.583. The van der Waals surface area contributed by atoms with E-state index >= 15 is 0 Å². The Labute approximate surface area is 117 Å². The van der Waals surface area contributed by atoms with E-state index in [1.807, 2.05) is 0 Å². The highest BCUT2D eigenvalue weighted by Crippen LogP contribution is 2.22. The highest BCUT2D eigenvalue weighted by molar-refractivity contribution is 6.41. The Morgan fingerprint density at radius 2 is 2.33 bits per heavy atom. The van der Waals surface area contributed by atoms with Crippen molar-refractivity contribution in [2.24, 2.45) is 5.92 Å². The smallest absolute Gasteiger partial charge is 0.270 e. The van der Waals surface area contributed by atoms with Crippen molar-refractivity contribution in [3.8, 4) is 0 Å². The van der Waals surface area contributed by atoms with Crippen LogP contribution in [0, 0.1) is 5.92 Å². The molecule has 0 saturated carbocycles. The van der Waals surface area contributed by atoms with E-state index in [-0.39, 0.29) is 5.91 Å². The number of H-pyrrole nitrogens is 1. The number of rotatable bonds is 3. The summed E-state index contributed by atoms with van der Waals surface area (Å²) in [7, 11) is 1.81. The molecule has 1 atom stereocenters. The molecular weight excluding hydrogens is 273 g/mol. The lowest BCUT2D eigenvalue weighted by molar-refractivity contribution is 0.0759. The van der Waals surface area contributed by atoms with Gasteiger partial charge in [-0.1, -0.05) is 23.2 Å². The zero-order chi connectivity index (χ0) is 13.1. The molecule has 2 heterocycles. The van der Waals surface area contributed by atoms with Crippen LogP contribution in [0.25, 0.3) is 0 Å². The van der Waals surface area contributed by atoms with E-state index in [1.165, 1.54) is 6.42 Å². The van der Waals surface area contributed by atoms with Gasteiger partial charge >= 0.3 is 0 Å². The number of nitrogens with one attached hydrogen (secondary N) is 2. The van der Waals surface area contributed by atoms with Gasteiger partial charge in [-0.05, 0) is 37.9 Å². The summed E-state index contributed by atoms with van der Waals surface area (Å²) in [6, 6.07) is 1.57. The minimum Gasteiger partial charge on any atom is -0.340 e. The topological polar surface area (TPSA) is 48.1 Å². The number of aromatic nitrogens is 1. The Bertz CT molecular complexity index is 407. The average molecular weight is 290 g/mol. The molecule has 0 aromatic carbocycles. The van der Waals surface area contributed by atoms with Crippen LogP contribution in [0.3, 0.4) is 0 Å². The molecule has 1 amide bonds. The summed E-state index contributed by atoms with van der Waals surface area (Å²) in [5.41, 5.74) is 0.441. The van der Waals surface area contributed by atoms with E-state index in [1.54, 1.807) is 18.0 Å². The van der Waals surface area contributed by atoms with Crippen molar-refractivity contribution in [2.45, 2.75) is 12.8 Å². The second-order valence-electron chi connectivity index (χ2n) is 4.74. The van der Waals surface area contributed by atoms with Gasteiger partial charge in [-0.3, -0.25) is 4.79 Å². The molecule has 1 unspecified atom stereocenters. The minimum atomic E-state index is -0.0747. The number of aromatic amines is 1. The van der Waals surface area contributed by atoms with Crippen LogP contribution in [-0.2, 0) is 0 Å². The fourth-order valence-corrected chi connectivity index (χ4v) is 2.59. The average Bonchev–Trinajstić information content (AvgIpc) is 2.70. The summed E-state index contributed by atoms with van der Waals surface area (Å²) in [6.45, 7) is 2.81. The third-order valence-electron chi connectivity index (χ3n) is 3.23. The van der Waals surface area contributed by atoms with Crippen molar-refractivity contribution in [2.75, 3.05) is 26.7 Å². The van der Waals surface area contributed by atoms with Crippen LogP contribution < -0.4 is 5.32 Å². The summed E-state index contributed by atoms with van der Waals surface area (Å²) >= 11 is 11.6. The largest absolute Gasteiger partial charge is 0.340 e. The van der Waals surface area contributed by atoms with Crippen molar-refractivity contribution in [3.63, 3.8) is 0 Å². The maximum absolute atomic E-state index is 12.1. The van der Waals surface area contributed by atoms with Crippen LogP contribution in [0.2, 0.25) is 10.2 Å². The minimum absolute atomic E-state index is 0.0747. The van der Waals surface area contributed by atoms with Crippen molar-refractivity contribution in [3.05, 3.63) is 21.9 Å². The van der Waals surface area contributed by atoms with Crippen molar-refractivity contribution >= 4 is 29.1 Å². The lowest BCUT2D eigenvalue weighted by Gasteiger charge is -2.27. The van der Waals surface area contributed by atoms with Crippen LogP contribution in [0.5, 0.6) is 0 Å². The molecule has 100 valence electrons. The molecular formula is C12H17Cl2N3O. The van der Waals surface area contributed by atoms with Gasteiger partial charge in [0.15, 0.2) is 0 Å². The third kappa shape index (κ3) is 3.19. The van der Waals surface area contributed by atoms with Gasteiger partial charge in [0.2, 0.25) is 0 Å². The van der Waals surface area contributed by atoms with Crippen LogP contribution in [0.4, 0.5) is 0 Å². The molecule has 2 N–H and O–H groups in total. The summed E-state index contributed by atoms with van der Waals surface area (Å²) in [5, 5.41) is 4.04. The highest BCUT2D eigenvalue weighted by atomic mass is 35.5. The Hall–Kier alpha value is -0.710. The molecule has 1 aromatic rings. The number of amides is 1. The molecule has 0 radical (unpaired) electrons. The SMILES string of the molecule is CN(CC1CCCNC1)C(=O)c1cc(Cl)c(Cl)[nH]1. The van der Waals surface area contributed by atoms with Crippen molar-refractivity contribution in [1.82, 2.24) is 15.2 Å². The standard InChI is InChI=1S/C12H17Cl2N3O/c1-17(7-8-3-2-4-15-6-8)12(18)10-5-9(13)11(14)16-10/h5,8,15-16H,2-4,6-7H2,1H3. The van der Waals surface area contributed by atoms with Gasteiger partial charge in [-0.25, -0.2) is 0 Å². The molecule has 1 fully saturated rings. The summed E-state index contributed by atoms with van der Waals surface area (Å²) in [4.78, 5) is 16.6. The predicted molar refractivity (Wildman–Crippen MR) is 73.4 cm³/mol. The second kappa shape index (κ2) is 5.95. The molecule has 1 aliphatic rings. The Kier molecular flexibility index (Phi) is 4.54. The third-order valence-corrected chi connectivity index (χ3v) is 3.93. The number of carbonyl (C=O) groups is 1. The first-order valence-corrected chi connectivity index (χ1v) is 6.83. The van der Waals surface area contributed by atoms with Gasteiger partial charge in [0.1, 0.15) is 10.8 Å². The zero-order valence-electron chi connectivity index (χ0n) is 10.3. The van der Waals surface area contributed by atoms with Crippen LogP contribution in [-0.4, -0.2) is 42.5 Å². The van der Waals surface area contributed by atoms with Crippen LogP contribution in [0.15, 0.2) is 6.07 Å². The first-order chi connectivity index (χ1) is 8.58. The monoisotopic (exact) mass is 289 g/mol. The van der Waals surface area contributed by atoms with Gasteiger partial charge in [-0.15, -0.1) is 0 Å². The highest BCUT2D eigenvalue weighted by Gasteiger charge is 2.20. The number of halogens is 2. The molecule has 2 rings (SSSR count). The van der Waals surface area contributed by atoms with E-state index in [2.05, 4.69) is 10.3 Å². The number of nitrogens with zero attached hydrogens (tertiary/aromatic N) is 1. The van der Waals surface area contributed by atoms with Gasteiger partial charge in [-0.2, -0.15) is 0 Å². The first-order valence-electron chi connectivity index (χ1n) is 6.08. The van der Waals surface area contributed by atoms with Crippen LogP contribution in [0.1, 0.15) is 23.3 Å². The van der Waals surface area contributed by atoms with E-state index in [0.717, 1.165) is 26.1 Å². The molecule has 0 bridgehead atoms. The Balaban J connectivity index is 1.95. The molecule has 1 aromatic heterocycles. The van der Waals surface area contributed by atoms with E-state index in [4.69, 9.17) is 23.2 Å². The van der Waals surface area contributed by atoms with E-state index in [0.29, 0.717) is 21.8 Å². The van der Waals surface area contributed by atoms with Gasteiger partial charge in [0, 0.05) is 13.6 Å². The molecule has 18 heavy (non-hydrogen) atoms. The normalized spacial score (nSPS) is 19.8. The van der Waals surface area contributed by atoms with E-state index in [9.17, 15) is 4.79 Å². The molecule has 0 spiro atoms.